The maximum absolute atomic E-state index is 9.07. The molecule has 1 saturated heterocycles. The van der Waals surface area contributed by atoms with Crippen molar-refractivity contribution in [1.82, 2.24) is 10.6 Å². The van der Waals surface area contributed by atoms with Crippen LogP contribution >= 0.6 is 0 Å². The third kappa shape index (κ3) is 4.49. The van der Waals surface area contributed by atoms with Crippen molar-refractivity contribution < 1.29 is 5.11 Å². The Hall–Kier alpha value is -0.120. The number of hydrogen-bond acceptors (Lipinski definition) is 3. The molecule has 1 aliphatic rings. The molecule has 0 aromatic carbocycles. The van der Waals surface area contributed by atoms with Gasteiger partial charge in [-0.3, -0.25) is 0 Å². The fraction of sp³-hybridized carbons (Fsp3) is 1.00. The molecule has 0 aromatic rings. The molecule has 0 aromatic heterocycles. The normalized spacial score (nSPS) is 25.2. The molecular formula is C12H26N2O. The number of rotatable bonds is 4. The Morgan fingerprint density at radius 3 is 2.67 bits per heavy atom. The van der Waals surface area contributed by atoms with E-state index in [9.17, 15) is 0 Å². The third-order valence-corrected chi connectivity index (χ3v) is 3.20. The monoisotopic (exact) mass is 214 g/mol. The van der Waals surface area contributed by atoms with E-state index in [1.807, 2.05) is 0 Å². The molecule has 1 aliphatic heterocycles. The van der Waals surface area contributed by atoms with Crippen LogP contribution in [0.1, 0.15) is 40.0 Å². The van der Waals surface area contributed by atoms with Gasteiger partial charge in [-0.2, -0.15) is 0 Å². The SMILES string of the molecule is CC(C)(C)C(CCO)NC1CCCNC1. The first kappa shape index (κ1) is 12.9. The third-order valence-electron chi connectivity index (χ3n) is 3.20. The van der Waals surface area contributed by atoms with Crippen LogP contribution in [0.2, 0.25) is 0 Å². The first-order valence-electron chi connectivity index (χ1n) is 6.11. The van der Waals surface area contributed by atoms with E-state index in [0.29, 0.717) is 12.1 Å². The number of hydrogen-bond donors (Lipinski definition) is 3. The van der Waals surface area contributed by atoms with Gasteiger partial charge in [-0.1, -0.05) is 20.8 Å². The first-order chi connectivity index (χ1) is 7.04. The van der Waals surface area contributed by atoms with Crippen LogP contribution in [0.15, 0.2) is 0 Å². The molecular weight excluding hydrogens is 188 g/mol. The lowest BCUT2D eigenvalue weighted by atomic mass is 9.84. The van der Waals surface area contributed by atoms with Gasteiger partial charge in [-0.25, -0.2) is 0 Å². The molecule has 1 heterocycles. The van der Waals surface area contributed by atoms with Crippen molar-refractivity contribution in [2.24, 2.45) is 5.41 Å². The second-order valence-electron chi connectivity index (χ2n) is 5.64. The van der Waals surface area contributed by atoms with Crippen LogP contribution in [0.4, 0.5) is 0 Å². The Morgan fingerprint density at radius 2 is 2.20 bits per heavy atom. The van der Waals surface area contributed by atoms with Gasteiger partial charge >= 0.3 is 0 Å². The minimum absolute atomic E-state index is 0.222. The average Bonchev–Trinajstić information content (AvgIpc) is 2.17. The molecule has 3 heteroatoms. The van der Waals surface area contributed by atoms with Gasteiger partial charge in [0.15, 0.2) is 0 Å². The summed E-state index contributed by atoms with van der Waals surface area (Å²) in [5.41, 5.74) is 0.222. The average molecular weight is 214 g/mol. The summed E-state index contributed by atoms with van der Waals surface area (Å²) in [4.78, 5) is 0. The van der Waals surface area contributed by atoms with Gasteiger partial charge in [0.25, 0.3) is 0 Å². The van der Waals surface area contributed by atoms with Crippen molar-refractivity contribution in [1.29, 1.82) is 0 Å². The maximum Gasteiger partial charge on any atom is 0.0446 e. The summed E-state index contributed by atoms with van der Waals surface area (Å²) in [5.74, 6) is 0. The molecule has 0 spiro atoms. The van der Waals surface area contributed by atoms with Crippen molar-refractivity contribution >= 4 is 0 Å². The van der Waals surface area contributed by atoms with Gasteiger partial charge in [-0.15, -0.1) is 0 Å². The van der Waals surface area contributed by atoms with Gasteiger partial charge in [0, 0.05) is 25.2 Å². The summed E-state index contributed by atoms with van der Waals surface area (Å²) in [7, 11) is 0. The van der Waals surface area contributed by atoms with E-state index >= 15 is 0 Å². The van der Waals surface area contributed by atoms with Gasteiger partial charge in [0.2, 0.25) is 0 Å². The highest BCUT2D eigenvalue weighted by atomic mass is 16.3. The van der Waals surface area contributed by atoms with Crippen LogP contribution in [0, 0.1) is 5.41 Å². The molecule has 1 fully saturated rings. The zero-order valence-corrected chi connectivity index (χ0v) is 10.3. The van der Waals surface area contributed by atoms with Crippen LogP contribution < -0.4 is 10.6 Å². The predicted molar refractivity (Wildman–Crippen MR) is 64.0 cm³/mol. The minimum Gasteiger partial charge on any atom is -0.396 e. The zero-order chi connectivity index (χ0) is 11.3. The van der Waals surface area contributed by atoms with Gasteiger partial charge in [-0.05, 0) is 31.2 Å². The zero-order valence-electron chi connectivity index (χ0n) is 10.3. The van der Waals surface area contributed by atoms with Crippen molar-refractivity contribution in [2.45, 2.75) is 52.1 Å². The highest BCUT2D eigenvalue weighted by Crippen LogP contribution is 2.22. The Bertz CT molecular complexity index is 171. The Morgan fingerprint density at radius 1 is 1.47 bits per heavy atom. The fourth-order valence-corrected chi connectivity index (χ4v) is 2.17. The fourth-order valence-electron chi connectivity index (χ4n) is 2.17. The molecule has 15 heavy (non-hydrogen) atoms. The Labute approximate surface area is 93.6 Å². The summed E-state index contributed by atoms with van der Waals surface area (Å²) >= 11 is 0. The molecule has 2 atom stereocenters. The quantitative estimate of drug-likeness (QED) is 0.657. The van der Waals surface area contributed by atoms with E-state index in [-0.39, 0.29) is 12.0 Å². The summed E-state index contributed by atoms with van der Waals surface area (Å²) in [6.07, 6.45) is 3.36. The summed E-state index contributed by atoms with van der Waals surface area (Å²) < 4.78 is 0. The summed E-state index contributed by atoms with van der Waals surface area (Å²) in [6, 6.07) is 0.988. The highest BCUT2D eigenvalue weighted by molar-refractivity contribution is 4.85. The molecule has 1 rings (SSSR count). The van der Waals surface area contributed by atoms with E-state index < -0.39 is 0 Å². The van der Waals surface area contributed by atoms with E-state index in [1.54, 1.807) is 0 Å². The first-order valence-corrected chi connectivity index (χ1v) is 6.11. The minimum atomic E-state index is 0.222. The maximum atomic E-state index is 9.07. The molecule has 0 bridgehead atoms. The van der Waals surface area contributed by atoms with Gasteiger partial charge in [0.1, 0.15) is 0 Å². The lowest BCUT2D eigenvalue weighted by Gasteiger charge is -2.36. The van der Waals surface area contributed by atoms with Crippen LogP contribution in [-0.2, 0) is 0 Å². The molecule has 3 N–H and O–H groups in total. The highest BCUT2D eigenvalue weighted by Gasteiger charge is 2.26. The molecule has 90 valence electrons. The van der Waals surface area contributed by atoms with Crippen LogP contribution in [0.25, 0.3) is 0 Å². The van der Waals surface area contributed by atoms with Crippen molar-refractivity contribution in [3.63, 3.8) is 0 Å². The number of nitrogens with one attached hydrogen (secondary N) is 2. The van der Waals surface area contributed by atoms with Crippen molar-refractivity contribution in [3.05, 3.63) is 0 Å². The summed E-state index contributed by atoms with van der Waals surface area (Å²) in [5, 5.41) is 16.2. The molecule has 0 amide bonds. The van der Waals surface area contributed by atoms with Crippen LogP contribution in [0.5, 0.6) is 0 Å². The number of piperidine rings is 1. The van der Waals surface area contributed by atoms with Crippen molar-refractivity contribution in [2.75, 3.05) is 19.7 Å². The Balaban J connectivity index is 2.42. The van der Waals surface area contributed by atoms with E-state index in [4.69, 9.17) is 5.11 Å². The number of aliphatic hydroxyl groups excluding tert-OH is 1. The topological polar surface area (TPSA) is 44.3 Å². The largest absolute Gasteiger partial charge is 0.396 e. The molecule has 0 radical (unpaired) electrons. The smallest absolute Gasteiger partial charge is 0.0446 e. The van der Waals surface area contributed by atoms with E-state index in [1.165, 1.54) is 12.8 Å². The lowest BCUT2D eigenvalue weighted by molar-refractivity contribution is 0.178. The Kier molecular flexibility index (Phi) is 5.03. The standard InChI is InChI=1S/C12H26N2O/c1-12(2,3)11(6-8-15)14-10-5-4-7-13-9-10/h10-11,13-15H,4-9H2,1-3H3. The number of aliphatic hydroxyl groups is 1. The van der Waals surface area contributed by atoms with Gasteiger partial charge in [0.05, 0.1) is 0 Å². The molecule has 0 aliphatic carbocycles. The lowest BCUT2D eigenvalue weighted by Crippen LogP contribution is -2.51. The molecule has 3 nitrogen and oxygen atoms in total. The van der Waals surface area contributed by atoms with E-state index in [0.717, 1.165) is 19.5 Å². The molecule has 2 unspecified atom stereocenters. The second-order valence-corrected chi connectivity index (χ2v) is 5.64. The second kappa shape index (κ2) is 5.83. The van der Waals surface area contributed by atoms with Crippen molar-refractivity contribution in [3.8, 4) is 0 Å². The molecule has 0 saturated carbocycles. The van der Waals surface area contributed by atoms with Crippen LogP contribution in [-0.4, -0.2) is 36.9 Å². The van der Waals surface area contributed by atoms with Gasteiger partial charge < -0.3 is 15.7 Å². The van der Waals surface area contributed by atoms with Crippen LogP contribution in [0.3, 0.4) is 0 Å². The van der Waals surface area contributed by atoms with E-state index in [2.05, 4.69) is 31.4 Å². The summed E-state index contributed by atoms with van der Waals surface area (Å²) in [6.45, 7) is 9.19. The predicted octanol–water partition coefficient (Wildman–Crippen LogP) is 1.13.